The maximum absolute atomic E-state index is 11.6. The summed E-state index contributed by atoms with van der Waals surface area (Å²) in [6, 6.07) is 0. The molecule has 0 bridgehead atoms. The predicted octanol–water partition coefficient (Wildman–Crippen LogP) is 2.74. The second kappa shape index (κ2) is 6.23. The molecule has 1 heterocycles. The number of carbonyl (C=O) groups excluding carboxylic acids is 1. The Morgan fingerprint density at radius 1 is 1.73 bits per heavy atom. The summed E-state index contributed by atoms with van der Waals surface area (Å²) in [5.74, 6) is -0.00257. The van der Waals surface area contributed by atoms with Crippen LogP contribution in [0.15, 0.2) is 5.51 Å². The molecule has 1 aromatic rings. The lowest BCUT2D eigenvalue weighted by molar-refractivity contribution is 0.0956. The van der Waals surface area contributed by atoms with Crippen LogP contribution in [-0.4, -0.2) is 22.3 Å². The van der Waals surface area contributed by atoms with Crippen LogP contribution in [0.5, 0.6) is 0 Å². The first-order chi connectivity index (χ1) is 7.11. The minimum atomic E-state index is -0.00257. The minimum absolute atomic E-state index is 0.00257. The van der Waals surface area contributed by atoms with Gasteiger partial charge in [0.25, 0.3) is 5.91 Å². The molecule has 0 aliphatic rings. The zero-order valence-electron chi connectivity index (χ0n) is 8.92. The fourth-order valence-electron chi connectivity index (χ4n) is 1.19. The molecule has 0 aliphatic heterocycles. The molecule has 1 amide bonds. The zero-order valence-corrected chi connectivity index (χ0v) is 11.3. The van der Waals surface area contributed by atoms with E-state index in [0.717, 1.165) is 30.0 Å². The summed E-state index contributed by atoms with van der Waals surface area (Å²) in [5.41, 5.74) is 2.51. The van der Waals surface area contributed by atoms with Crippen LogP contribution >= 0.6 is 27.3 Å². The van der Waals surface area contributed by atoms with Gasteiger partial charge in [0.15, 0.2) is 0 Å². The Morgan fingerprint density at radius 3 is 3.00 bits per heavy atom. The van der Waals surface area contributed by atoms with E-state index >= 15 is 0 Å². The molecule has 0 spiro atoms. The Hall–Kier alpha value is -0.420. The highest BCUT2D eigenvalue weighted by Gasteiger charge is 2.10. The molecule has 3 nitrogen and oxygen atoms in total. The minimum Gasteiger partial charge on any atom is -0.351 e. The first kappa shape index (κ1) is 12.6. The fourth-order valence-corrected chi connectivity index (χ4v) is 2.23. The van der Waals surface area contributed by atoms with Gasteiger partial charge in [0, 0.05) is 11.4 Å². The van der Waals surface area contributed by atoms with Crippen LogP contribution in [0.3, 0.4) is 0 Å². The first-order valence-electron chi connectivity index (χ1n) is 4.93. The van der Waals surface area contributed by atoms with E-state index in [4.69, 9.17) is 0 Å². The number of aryl methyl sites for hydroxylation is 1. The van der Waals surface area contributed by atoms with Crippen molar-refractivity contribution in [1.29, 1.82) is 0 Å². The lowest BCUT2D eigenvalue weighted by Crippen LogP contribution is -2.24. The number of alkyl halides is 1. The van der Waals surface area contributed by atoms with E-state index in [1.54, 1.807) is 5.51 Å². The highest BCUT2D eigenvalue weighted by Crippen LogP contribution is 2.11. The molecule has 1 rings (SSSR count). The van der Waals surface area contributed by atoms with Crippen LogP contribution in [0, 0.1) is 6.92 Å². The molecule has 84 valence electrons. The molecule has 0 aliphatic carbocycles. The van der Waals surface area contributed by atoms with Crippen molar-refractivity contribution < 1.29 is 4.79 Å². The van der Waals surface area contributed by atoms with Crippen LogP contribution < -0.4 is 5.32 Å². The molecule has 0 saturated heterocycles. The van der Waals surface area contributed by atoms with Crippen molar-refractivity contribution in [3.63, 3.8) is 0 Å². The molecule has 15 heavy (non-hydrogen) atoms. The third kappa shape index (κ3) is 4.30. The Balaban J connectivity index is 2.28. The summed E-state index contributed by atoms with van der Waals surface area (Å²) in [7, 11) is 0. The summed E-state index contributed by atoms with van der Waals surface area (Å²) in [6.45, 7) is 4.69. The van der Waals surface area contributed by atoms with Gasteiger partial charge in [-0.1, -0.05) is 22.9 Å². The predicted molar refractivity (Wildman–Crippen MR) is 66.8 cm³/mol. The fraction of sp³-hybridized carbons (Fsp3) is 0.600. The maximum atomic E-state index is 11.6. The van der Waals surface area contributed by atoms with E-state index in [-0.39, 0.29) is 5.91 Å². The second-order valence-electron chi connectivity index (χ2n) is 3.45. The average molecular weight is 291 g/mol. The van der Waals surface area contributed by atoms with Gasteiger partial charge in [-0.25, -0.2) is 4.98 Å². The quantitative estimate of drug-likeness (QED) is 0.669. The summed E-state index contributed by atoms with van der Waals surface area (Å²) in [6.07, 6.45) is 2.07. The molecule has 0 aromatic carbocycles. The van der Waals surface area contributed by atoms with Gasteiger partial charge in [-0.15, -0.1) is 11.3 Å². The largest absolute Gasteiger partial charge is 0.351 e. The van der Waals surface area contributed by atoms with Crippen molar-refractivity contribution in [1.82, 2.24) is 10.3 Å². The van der Waals surface area contributed by atoms with Crippen molar-refractivity contribution in [2.24, 2.45) is 0 Å². The van der Waals surface area contributed by atoms with Gasteiger partial charge >= 0.3 is 0 Å². The number of hydrogen-bond donors (Lipinski definition) is 1. The van der Waals surface area contributed by atoms with Crippen molar-refractivity contribution in [3.05, 3.63) is 16.1 Å². The normalized spacial score (nSPS) is 12.5. The van der Waals surface area contributed by atoms with Crippen LogP contribution in [0.1, 0.15) is 35.1 Å². The third-order valence-corrected chi connectivity index (χ3v) is 3.40. The smallest absolute Gasteiger partial charge is 0.263 e. The zero-order chi connectivity index (χ0) is 11.3. The van der Waals surface area contributed by atoms with Crippen molar-refractivity contribution >= 4 is 33.2 Å². The first-order valence-corrected chi connectivity index (χ1v) is 6.73. The Morgan fingerprint density at radius 2 is 2.47 bits per heavy atom. The van der Waals surface area contributed by atoms with E-state index in [0.29, 0.717) is 4.83 Å². The van der Waals surface area contributed by atoms with Gasteiger partial charge in [0.1, 0.15) is 4.88 Å². The third-order valence-electron chi connectivity index (χ3n) is 2.02. The van der Waals surface area contributed by atoms with Gasteiger partial charge in [-0.3, -0.25) is 4.79 Å². The number of halogens is 1. The highest BCUT2D eigenvalue weighted by molar-refractivity contribution is 9.09. The van der Waals surface area contributed by atoms with Gasteiger partial charge in [-0.2, -0.15) is 0 Å². The average Bonchev–Trinajstić information content (AvgIpc) is 2.58. The van der Waals surface area contributed by atoms with Crippen LogP contribution in [0.2, 0.25) is 0 Å². The number of nitrogens with zero attached hydrogens (tertiary/aromatic N) is 1. The molecule has 0 fully saturated rings. The number of aromatic nitrogens is 1. The maximum Gasteiger partial charge on any atom is 0.263 e. The van der Waals surface area contributed by atoms with Gasteiger partial charge < -0.3 is 5.32 Å². The summed E-state index contributed by atoms with van der Waals surface area (Å²) < 4.78 is 0. The van der Waals surface area contributed by atoms with E-state index in [2.05, 4.69) is 33.2 Å². The summed E-state index contributed by atoms with van der Waals surface area (Å²) in [4.78, 5) is 16.9. The molecule has 0 saturated carbocycles. The van der Waals surface area contributed by atoms with Crippen molar-refractivity contribution in [2.45, 2.75) is 31.5 Å². The summed E-state index contributed by atoms with van der Waals surface area (Å²) in [5, 5.41) is 2.89. The van der Waals surface area contributed by atoms with Crippen LogP contribution in [-0.2, 0) is 0 Å². The standard InChI is InChI=1S/C10H15BrN2OS/c1-7(11)4-3-5-12-10(14)9-8(2)13-6-15-9/h6-7H,3-5H2,1-2H3,(H,12,14). The number of hydrogen-bond acceptors (Lipinski definition) is 3. The van der Waals surface area contributed by atoms with E-state index in [1.807, 2.05) is 6.92 Å². The van der Waals surface area contributed by atoms with Crippen molar-refractivity contribution in [2.75, 3.05) is 6.54 Å². The number of nitrogens with one attached hydrogen (secondary N) is 1. The molecule has 1 aromatic heterocycles. The molecule has 1 N–H and O–H groups in total. The monoisotopic (exact) mass is 290 g/mol. The lowest BCUT2D eigenvalue weighted by atomic mass is 10.2. The number of thiazole rings is 1. The van der Waals surface area contributed by atoms with Crippen LogP contribution in [0.4, 0.5) is 0 Å². The van der Waals surface area contributed by atoms with E-state index < -0.39 is 0 Å². The topological polar surface area (TPSA) is 42.0 Å². The molecule has 1 unspecified atom stereocenters. The molecule has 0 radical (unpaired) electrons. The van der Waals surface area contributed by atoms with Gasteiger partial charge in [-0.05, 0) is 19.8 Å². The Bertz CT molecular complexity index is 325. The van der Waals surface area contributed by atoms with Gasteiger partial charge in [0.2, 0.25) is 0 Å². The number of amides is 1. The highest BCUT2D eigenvalue weighted by atomic mass is 79.9. The van der Waals surface area contributed by atoms with E-state index in [9.17, 15) is 4.79 Å². The Kier molecular flexibility index (Phi) is 5.25. The number of rotatable bonds is 5. The Labute approximate surface area is 102 Å². The van der Waals surface area contributed by atoms with Crippen molar-refractivity contribution in [3.8, 4) is 0 Å². The molecule has 5 heteroatoms. The number of carbonyl (C=O) groups is 1. The second-order valence-corrected chi connectivity index (χ2v) is 5.86. The molecule has 1 atom stereocenters. The van der Waals surface area contributed by atoms with Crippen LogP contribution in [0.25, 0.3) is 0 Å². The SMILES string of the molecule is Cc1ncsc1C(=O)NCCCC(C)Br. The molecular formula is C10H15BrN2OS. The summed E-state index contributed by atoms with van der Waals surface area (Å²) >= 11 is 4.86. The molecular weight excluding hydrogens is 276 g/mol. The lowest BCUT2D eigenvalue weighted by Gasteiger charge is -2.05. The van der Waals surface area contributed by atoms with Gasteiger partial charge in [0.05, 0.1) is 11.2 Å². The van der Waals surface area contributed by atoms with E-state index in [1.165, 1.54) is 11.3 Å².